The van der Waals surface area contributed by atoms with Gasteiger partial charge < -0.3 is 9.15 Å². The van der Waals surface area contributed by atoms with E-state index in [-0.39, 0.29) is 12.4 Å². The van der Waals surface area contributed by atoms with Crippen LogP contribution in [0.25, 0.3) is 11.0 Å². The molecule has 0 saturated carbocycles. The Morgan fingerprint density at radius 2 is 2.17 bits per heavy atom. The van der Waals surface area contributed by atoms with Crippen molar-refractivity contribution < 1.29 is 22.7 Å². The summed E-state index contributed by atoms with van der Waals surface area (Å²) < 4.78 is 33.6. The molecule has 3 rings (SSSR count). The number of aryl methyl sites for hydroxylation is 1. The Morgan fingerprint density at radius 3 is 2.79 bits per heavy atom. The summed E-state index contributed by atoms with van der Waals surface area (Å²) in [4.78, 5) is 12.0. The lowest BCUT2D eigenvalue weighted by molar-refractivity contribution is 0.0491. The quantitative estimate of drug-likeness (QED) is 0.540. The minimum atomic E-state index is -2.27. The lowest BCUT2D eigenvalue weighted by Crippen LogP contribution is -2.18. The number of esters is 1. The smallest absolute Gasteiger partial charge is 0.374 e. The highest BCUT2D eigenvalue weighted by Gasteiger charge is 2.25. The van der Waals surface area contributed by atoms with Gasteiger partial charge in [-0.3, -0.25) is 4.55 Å². The second-order valence-corrected chi connectivity index (χ2v) is 6.66. The fourth-order valence-electron chi connectivity index (χ4n) is 2.51. The zero-order valence-corrected chi connectivity index (χ0v) is 14.6. The predicted octanol–water partition coefficient (Wildman–Crippen LogP) is 4.25. The van der Waals surface area contributed by atoms with Crippen molar-refractivity contribution >= 4 is 50.2 Å². The Kier molecular flexibility index (Phi) is 4.70. The molecule has 0 aliphatic heterocycles. The van der Waals surface area contributed by atoms with E-state index in [2.05, 4.69) is 0 Å². The number of fused-ring (bicyclic) bond motifs is 1. The summed E-state index contributed by atoms with van der Waals surface area (Å²) in [5.74, 6) is -0.445. The van der Waals surface area contributed by atoms with Crippen LogP contribution in [0.15, 0.2) is 40.1 Å². The average molecular weight is 365 g/mol. The van der Waals surface area contributed by atoms with Gasteiger partial charge in [0, 0.05) is 10.9 Å². The highest BCUT2D eigenvalue weighted by molar-refractivity contribution is 7.81. The number of hydrogen-bond donors (Lipinski definition) is 1. The van der Waals surface area contributed by atoms with E-state index in [0.29, 0.717) is 27.2 Å². The summed E-state index contributed by atoms with van der Waals surface area (Å²) in [7, 11) is 0. The topological polar surface area (TPSA) is 80.0 Å². The summed E-state index contributed by atoms with van der Waals surface area (Å²) >= 11 is -0.926. The summed E-state index contributed by atoms with van der Waals surface area (Å²) in [6.45, 7) is 3.69. The molecule has 0 saturated heterocycles. The number of benzene rings is 1. The van der Waals surface area contributed by atoms with Crippen LogP contribution in [0.3, 0.4) is 0 Å². The van der Waals surface area contributed by atoms with E-state index >= 15 is 0 Å². The van der Waals surface area contributed by atoms with Gasteiger partial charge in [0.15, 0.2) is 0 Å². The number of rotatable bonds is 5. The zero-order valence-electron chi connectivity index (χ0n) is 13.0. The Labute approximate surface area is 145 Å². The second kappa shape index (κ2) is 6.76. The third kappa shape index (κ3) is 2.83. The van der Waals surface area contributed by atoms with Crippen LogP contribution in [0.2, 0.25) is 0 Å². The van der Waals surface area contributed by atoms with Crippen molar-refractivity contribution in [2.45, 2.75) is 13.8 Å². The molecule has 1 unspecified atom stereocenters. The summed E-state index contributed by atoms with van der Waals surface area (Å²) in [5.41, 5.74) is 1.53. The molecule has 3 aromatic rings. The molecule has 126 valence electrons. The van der Waals surface area contributed by atoms with E-state index in [4.69, 9.17) is 9.15 Å². The first kappa shape index (κ1) is 16.7. The van der Waals surface area contributed by atoms with Crippen LogP contribution in [-0.2, 0) is 16.0 Å². The third-order valence-electron chi connectivity index (χ3n) is 3.47. The van der Waals surface area contributed by atoms with Crippen molar-refractivity contribution in [3.8, 4) is 0 Å². The predicted molar refractivity (Wildman–Crippen MR) is 94.1 cm³/mol. The normalized spacial score (nSPS) is 12.3. The minimum Gasteiger partial charge on any atom is -0.460 e. The first-order valence-corrected chi connectivity index (χ1v) is 9.12. The Morgan fingerprint density at radius 1 is 1.38 bits per heavy atom. The number of ether oxygens (including phenoxy) is 1. The van der Waals surface area contributed by atoms with E-state index < -0.39 is 17.2 Å². The number of carbonyl (C=O) groups excluding carboxylic acids is 1. The van der Waals surface area contributed by atoms with Gasteiger partial charge in [-0.25, -0.2) is 13.3 Å². The van der Waals surface area contributed by atoms with Crippen molar-refractivity contribution in [3.05, 3.63) is 47.0 Å². The molecule has 0 fully saturated rings. The van der Waals surface area contributed by atoms with E-state index in [1.54, 1.807) is 44.2 Å². The average Bonchev–Trinajstić information content (AvgIpc) is 3.16. The van der Waals surface area contributed by atoms with E-state index in [9.17, 15) is 13.6 Å². The van der Waals surface area contributed by atoms with Crippen molar-refractivity contribution in [2.75, 3.05) is 10.9 Å². The molecule has 0 aliphatic rings. The van der Waals surface area contributed by atoms with Gasteiger partial charge in [-0.15, -0.1) is 11.3 Å². The number of furan rings is 1. The van der Waals surface area contributed by atoms with Crippen LogP contribution >= 0.6 is 11.3 Å². The standard InChI is InChI=1S/C16H15NO5S2/c1-3-21-16(18)15-10(2)14-11(6-4-7-12(14)22-15)17(24(19)20)13-8-5-9-23-13/h4-9H,3H2,1-2H3,(H,19,20). The SMILES string of the molecule is CCOC(=O)c1oc2cccc(N(c3cccs3)S(=O)O)c2c1C. The molecular weight excluding hydrogens is 350 g/mol. The van der Waals surface area contributed by atoms with Gasteiger partial charge in [-0.2, -0.15) is 0 Å². The molecule has 1 N–H and O–H groups in total. The van der Waals surface area contributed by atoms with Crippen LogP contribution in [-0.4, -0.2) is 21.3 Å². The molecule has 0 amide bonds. The van der Waals surface area contributed by atoms with E-state index in [0.717, 1.165) is 0 Å². The molecule has 2 aromatic heterocycles. The number of nitrogens with zero attached hydrogens (tertiary/aromatic N) is 1. The monoisotopic (exact) mass is 365 g/mol. The van der Waals surface area contributed by atoms with Crippen molar-refractivity contribution in [2.24, 2.45) is 0 Å². The largest absolute Gasteiger partial charge is 0.460 e. The van der Waals surface area contributed by atoms with Gasteiger partial charge in [0.05, 0.1) is 12.3 Å². The molecule has 0 spiro atoms. The fraction of sp³-hybridized carbons (Fsp3) is 0.188. The molecule has 0 aliphatic carbocycles. The minimum absolute atomic E-state index is 0.106. The second-order valence-electron chi connectivity index (χ2n) is 4.90. The molecule has 6 nitrogen and oxygen atoms in total. The third-order valence-corrected chi connectivity index (χ3v) is 5.15. The van der Waals surface area contributed by atoms with Gasteiger partial charge in [-0.1, -0.05) is 6.07 Å². The Bertz CT molecular complexity index is 901. The van der Waals surface area contributed by atoms with Crippen LogP contribution in [0.4, 0.5) is 10.7 Å². The molecule has 8 heteroatoms. The van der Waals surface area contributed by atoms with Crippen LogP contribution < -0.4 is 4.31 Å². The summed E-state index contributed by atoms with van der Waals surface area (Å²) in [6, 6.07) is 8.68. The highest BCUT2D eigenvalue weighted by atomic mass is 32.2. The van der Waals surface area contributed by atoms with Crippen molar-refractivity contribution in [1.29, 1.82) is 0 Å². The molecule has 24 heavy (non-hydrogen) atoms. The lowest BCUT2D eigenvalue weighted by Gasteiger charge is -2.19. The van der Waals surface area contributed by atoms with Crippen molar-refractivity contribution in [3.63, 3.8) is 0 Å². The number of carbonyl (C=O) groups is 1. The van der Waals surface area contributed by atoms with Gasteiger partial charge in [0.1, 0.15) is 10.6 Å². The van der Waals surface area contributed by atoms with Gasteiger partial charge >= 0.3 is 5.97 Å². The molecule has 1 aromatic carbocycles. The fourth-order valence-corrected chi connectivity index (χ4v) is 4.01. The number of hydrogen-bond acceptors (Lipinski definition) is 5. The maximum atomic E-state index is 12.0. The molecule has 0 bridgehead atoms. The summed E-state index contributed by atoms with van der Waals surface area (Å²) in [6.07, 6.45) is 0. The molecular formula is C16H15NO5S2. The molecule has 0 radical (unpaired) electrons. The Hall–Kier alpha value is -2.16. The lowest BCUT2D eigenvalue weighted by atomic mass is 10.1. The van der Waals surface area contributed by atoms with Crippen molar-refractivity contribution in [1.82, 2.24) is 0 Å². The number of thiophene rings is 1. The van der Waals surface area contributed by atoms with Gasteiger partial charge in [0.2, 0.25) is 5.76 Å². The molecule has 2 heterocycles. The maximum absolute atomic E-state index is 12.0. The number of anilines is 2. The van der Waals surface area contributed by atoms with Crippen LogP contribution in [0.5, 0.6) is 0 Å². The first-order chi connectivity index (χ1) is 11.5. The molecule has 1 atom stereocenters. The summed E-state index contributed by atoms with van der Waals surface area (Å²) in [5, 5.41) is 3.04. The first-order valence-electron chi connectivity index (χ1n) is 7.18. The van der Waals surface area contributed by atoms with E-state index in [1.165, 1.54) is 15.6 Å². The zero-order chi connectivity index (χ0) is 17.3. The Balaban J connectivity index is 2.21. The van der Waals surface area contributed by atoms with Crippen LogP contribution in [0.1, 0.15) is 23.0 Å². The highest BCUT2D eigenvalue weighted by Crippen LogP contribution is 2.39. The van der Waals surface area contributed by atoms with Crippen LogP contribution in [0, 0.1) is 6.92 Å². The maximum Gasteiger partial charge on any atom is 0.374 e. The van der Waals surface area contributed by atoms with Gasteiger partial charge in [-0.05, 0) is 43.5 Å². The van der Waals surface area contributed by atoms with Gasteiger partial charge in [0.25, 0.3) is 11.3 Å². The van der Waals surface area contributed by atoms with E-state index in [1.807, 2.05) is 5.38 Å².